The summed E-state index contributed by atoms with van der Waals surface area (Å²) in [6.07, 6.45) is 6.93. The summed E-state index contributed by atoms with van der Waals surface area (Å²) in [6, 6.07) is 17.6. The molecule has 1 aromatic carbocycles. The van der Waals surface area contributed by atoms with Gasteiger partial charge in [-0.1, -0.05) is 26.0 Å². The van der Waals surface area contributed by atoms with Gasteiger partial charge in [0.25, 0.3) is 0 Å². The Labute approximate surface area is 210 Å². The molecule has 0 saturated heterocycles. The highest BCUT2D eigenvalue weighted by atomic mass is 15.4. The third-order valence-electron chi connectivity index (χ3n) is 5.43. The van der Waals surface area contributed by atoms with Gasteiger partial charge >= 0.3 is 0 Å². The molecule has 3 heterocycles. The Hall–Kier alpha value is -4.66. The normalized spacial score (nSPS) is 11.9. The van der Waals surface area contributed by atoms with E-state index in [1.54, 1.807) is 30.9 Å². The van der Waals surface area contributed by atoms with Crippen LogP contribution in [0.15, 0.2) is 89.6 Å². The molecule has 4 aromatic rings. The van der Waals surface area contributed by atoms with Crippen LogP contribution >= 0.6 is 0 Å². The van der Waals surface area contributed by atoms with E-state index in [0.717, 1.165) is 28.2 Å². The van der Waals surface area contributed by atoms with E-state index in [4.69, 9.17) is 0 Å². The molecule has 0 aliphatic heterocycles. The van der Waals surface area contributed by atoms with Crippen LogP contribution in [0.25, 0.3) is 0 Å². The van der Waals surface area contributed by atoms with Crippen molar-refractivity contribution in [2.75, 3.05) is 16.2 Å². The summed E-state index contributed by atoms with van der Waals surface area (Å²) in [6.45, 7) is 8.17. The van der Waals surface area contributed by atoms with Crippen molar-refractivity contribution < 1.29 is 0 Å². The number of aromatic nitrogens is 4. The minimum atomic E-state index is 0.410. The SMILES string of the molecule is CC(=NNc1cc(NN=C(C)c2ccncc2)nc(Nc2ccc(C(C)C)cc2)n1)c1ccncc1. The van der Waals surface area contributed by atoms with E-state index < -0.39 is 0 Å². The van der Waals surface area contributed by atoms with Crippen LogP contribution in [0.3, 0.4) is 0 Å². The first-order valence-corrected chi connectivity index (χ1v) is 11.7. The van der Waals surface area contributed by atoms with Crippen molar-refractivity contribution in [3.8, 4) is 0 Å². The van der Waals surface area contributed by atoms with Crippen molar-refractivity contribution in [1.29, 1.82) is 0 Å². The summed E-state index contributed by atoms with van der Waals surface area (Å²) in [7, 11) is 0. The van der Waals surface area contributed by atoms with Crippen LogP contribution < -0.4 is 16.2 Å². The molecule has 182 valence electrons. The fourth-order valence-electron chi connectivity index (χ4n) is 3.30. The van der Waals surface area contributed by atoms with Gasteiger partial charge in [0.05, 0.1) is 11.4 Å². The molecular formula is C27H29N9. The molecule has 0 radical (unpaired) electrons. The summed E-state index contributed by atoms with van der Waals surface area (Å²) in [4.78, 5) is 17.3. The van der Waals surface area contributed by atoms with Crippen molar-refractivity contribution >= 4 is 34.7 Å². The van der Waals surface area contributed by atoms with Gasteiger partial charge in [-0.2, -0.15) is 20.2 Å². The van der Waals surface area contributed by atoms with Gasteiger partial charge in [0.1, 0.15) is 0 Å². The smallest absolute Gasteiger partial charge is 0.231 e. The van der Waals surface area contributed by atoms with Crippen molar-refractivity contribution in [2.24, 2.45) is 10.2 Å². The van der Waals surface area contributed by atoms with Crippen molar-refractivity contribution in [1.82, 2.24) is 19.9 Å². The zero-order valence-electron chi connectivity index (χ0n) is 20.8. The van der Waals surface area contributed by atoms with Crippen LogP contribution in [0, 0.1) is 0 Å². The summed E-state index contributed by atoms with van der Waals surface area (Å²) >= 11 is 0. The van der Waals surface area contributed by atoms with Gasteiger partial charge in [0.15, 0.2) is 11.6 Å². The Kier molecular flexibility index (Phi) is 7.92. The number of nitrogens with one attached hydrogen (secondary N) is 3. The fourth-order valence-corrected chi connectivity index (χ4v) is 3.30. The number of nitrogens with zero attached hydrogens (tertiary/aromatic N) is 6. The van der Waals surface area contributed by atoms with Gasteiger partial charge in [-0.3, -0.25) is 20.8 Å². The average molecular weight is 480 g/mol. The largest absolute Gasteiger partial charge is 0.324 e. The van der Waals surface area contributed by atoms with Gasteiger partial charge in [-0.25, -0.2) is 0 Å². The van der Waals surface area contributed by atoms with E-state index in [1.165, 1.54) is 5.56 Å². The molecule has 0 spiro atoms. The maximum atomic E-state index is 4.59. The molecule has 0 bridgehead atoms. The maximum Gasteiger partial charge on any atom is 0.231 e. The molecule has 0 atom stereocenters. The van der Waals surface area contributed by atoms with Gasteiger partial charge in [0, 0.05) is 47.7 Å². The third-order valence-corrected chi connectivity index (χ3v) is 5.43. The van der Waals surface area contributed by atoms with Crippen LogP contribution in [-0.2, 0) is 0 Å². The lowest BCUT2D eigenvalue weighted by atomic mass is 10.0. The van der Waals surface area contributed by atoms with Gasteiger partial charge < -0.3 is 5.32 Å². The number of hydrazone groups is 2. The monoisotopic (exact) mass is 479 g/mol. The summed E-state index contributed by atoms with van der Waals surface area (Å²) < 4.78 is 0. The average Bonchev–Trinajstić information content (AvgIpc) is 2.91. The van der Waals surface area contributed by atoms with Crippen LogP contribution in [0.5, 0.6) is 0 Å². The standard InChI is InChI=1S/C27H29N9/c1-18(2)21-5-7-24(8-6-21)30-27-31-25(35-33-19(3)22-9-13-28-14-10-22)17-26(32-27)36-34-20(4)23-11-15-29-16-12-23/h5-18H,1-4H3,(H3,30,31,32,35,36). The second-order valence-corrected chi connectivity index (χ2v) is 8.45. The quantitative estimate of drug-likeness (QED) is 0.205. The topological polar surface area (TPSA) is 112 Å². The zero-order chi connectivity index (χ0) is 25.3. The molecule has 0 saturated carbocycles. The molecule has 0 unspecified atom stereocenters. The predicted octanol–water partition coefficient (Wildman–Crippen LogP) is 5.81. The highest BCUT2D eigenvalue weighted by molar-refractivity contribution is 5.99. The fraction of sp³-hybridized carbons (Fsp3) is 0.185. The van der Waals surface area contributed by atoms with E-state index in [2.05, 4.69) is 72.3 Å². The Morgan fingerprint density at radius 2 is 1.17 bits per heavy atom. The molecular weight excluding hydrogens is 450 g/mol. The lowest BCUT2D eigenvalue weighted by Gasteiger charge is -2.11. The minimum absolute atomic E-state index is 0.410. The molecule has 3 aromatic heterocycles. The molecule has 36 heavy (non-hydrogen) atoms. The van der Waals surface area contributed by atoms with E-state index in [0.29, 0.717) is 23.5 Å². The molecule has 4 rings (SSSR count). The number of anilines is 4. The first kappa shape index (κ1) is 24.5. The van der Waals surface area contributed by atoms with Gasteiger partial charge in [0.2, 0.25) is 5.95 Å². The van der Waals surface area contributed by atoms with Crippen molar-refractivity contribution in [3.05, 3.63) is 96.1 Å². The number of hydrogen-bond donors (Lipinski definition) is 3. The molecule has 0 aliphatic carbocycles. The lowest BCUT2D eigenvalue weighted by Crippen LogP contribution is -2.07. The van der Waals surface area contributed by atoms with E-state index >= 15 is 0 Å². The molecule has 0 aliphatic rings. The minimum Gasteiger partial charge on any atom is -0.324 e. The summed E-state index contributed by atoms with van der Waals surface area (Å²) in [5.41, 5.74) is 11.7. The Morgan fingerprint density at radius 3 is 1.61 bits per heavy atom. The Bertz CT molecular complexity index is 1260. The molecule has 9 heteroatoms. The molecule has 9 nitrogen and oxygen atoms in total. The Balaban J connectivity index is 1.59. The first-order valence-electron chi connectivity index (χ1n) is 11.7. The van der Waals surface area contributed by atoms with Crippen LogP contribution in [0.1, 0.15) is 50.3 Å². The van der Waals surface area contributed by atoms with Crippen molar-refractivity contribution in [2.45, 2.75) is 33.6 Å². The third kappa shape index (κ3) is 6.69. The second kappa shape index (κ2) is 11.7. The second-order valence-electron chi connectivity index (χ2n) is 8.45. The molecule has 3 N–H and O–H groups in total. The van der Waals surface area contributed by atoms with Crippen molar-refractivity contribution in [3.63, 3.8) is 0 Å². The van der Waals surface area contributed by atoms with Gasteiger partial charge in [-0.15, -0.1) is 0 Å². The lowest BCUT2D eigenvalue weighted by molar-refractivity contribution is 0.867. The molecule has 0 fully saturated rings. The summed E-state index contributed by atoms with van der Waals surface area (Å²) in [5, 5.41) is 12.2. The van der Waals surface area contributed by atoms with Crippen LogP contribution in [0.4, 0.5) is 23.3 Å². The Morgan fingerprint density at radius 1 is 0.694 bits per heavy atom. The number of hydrogen-bond acceptors (Lipinski definition) is 9. The van der Waals surface area contributed by atoms with Crippen LogP contribution in [-0.4, -0.2) is 31.4 Å². The van der Waals surface area contributed by atoms with E-state index in [-0.39, 0.29) is 0 Å². The predicted molar refractivity (Wildman–Crippen MR) is 146 cm³/mol. The van der Waals surface area contributed by atoms with E-state index in [1.807, 2.05) is 50.2 Å². The van der Waals surface area contributed by atoms with Gasteiger partial charge in [-0.05, 0) is 61.7 Å². The number of benzene rings is 1. The first-order chi connectivity index (χ1) is 17.5. The number of rotatable bonds is 9. The highest BCUT2D eigenvalue weighted by Crippen LogP contribution is 2.21. The number of pyridine rings is 2. The van der Waals surface area contributed by atoms with Crippen LogP contribution in [0.2, 0.25) is 0 Å². The molecule has 0 amide bonds. The maximum absolute atomic E-state index is 4.59. The summed E-state index contributed by atoms with van der Waals surface area (Å²) in [5.74, 6) is 1.90. The highest BCUT2D eigenvalue weighted by Gasteiger charge is 2.07. The zero-order valence-corrected chi connectivity index (χ0v) is 20.8. The van der Waals surface area contributed by atoms with E-state index in [9.17, 15) is 0 Å².